The molecule has 0 amide bonds. The molecule has 1 aromatic rings. The Balaban J connectivity index is 2.64. The lowest BCUT2D eigenvalue weighted by Crippen LogP contribution is -2.26. The van der Waals surface area contributed by atoms with E-state index in [1.165, 1.54) is 0 Å². The fourth-order valence-corrected chi connectivity index (χ4v) is 1.33. The summed E-state index contributed by atoms with van der Waals surface area (Å²) in [5.74, 6) is 0. The van der Waals surface area contributed by atoms with Crippen molar-refractivity contribution in [3.63, 3.8) is 0 Å². The standard InChI is InChI=1S/C12H21N3/c1-10(2)15(4)9-12-7-5-6-11(14-12)8-13-3/h5-7,10,13H,8-9H2,1-4H3. The number of aromatic nitrogens is 1. The number of nitrogens with one attached hydrogen (secondary N) is 1. The molecule has 0 fully saturated rings. The molecule has 0 aliphatic carbocycles. The molecule has 0 aliphatic heterocycles. The topological polar surface area (TPSA) is 28.2 Å². The predicted octanol–water partition coefficient (Wildman–Crippen LogP) is 1.64. The molecule has 3 heteroatoms. The first kappa shape index (κ1) is 12.1. The third-order valence-corrected chi connectivity index (χ3v) is 2.52. The lowest BCUT2D eigenvalue weighted by atomic mass is 10.2. The molecule has 0 aliphatic rings. The number of nitrogens with zero attached hydrogens (tertiary/aromatic N) is 2. The van der Waals surface area contributed by atoms with Crippen molar-refractivity contribution in [1.29, 1.82) is 0 Å². The van der Waals surface area contributed by atoms with Crippen LogP contribution >= 0.6 is 0 Å². The monoisotopic (exact) mass is 207 g/mol. The van der Waals surface area contributed by atoms with E-state index in [4.69, 9.17) is 0 Å². The maximum absolute atomic E-state index is 4.58. The molecule has 0 bridgehead atoms. The number of pyridine rings is 1. The summed E-state index contributed by atoms with van der Waals surface area (Å²) >= 11 is 0. The summed E-state index contributed by atoms with van der Waals surface area (Å²) in [5, 5.41) is 3.11. The Morgan fingerprint density at radius 1 is 1.33 bits per heavy atom. The van der Waals surface area contributed by atoms with Crippen LogP contribution in [0.25, 0.3) is 0 Å². The van der Waals surface area contributed by atoms with Gasteiger partial charge in [-0.25, -0.2) is 0 Å². The molecule has 1 heterocycles. The first-order valence-electron chi connectivity index (χ1n) is 5.43. The van der Waals surface area contributed by atoms with Crippen molar-refractivity contribution in [3.05, 3.63) is 29.6 Å². The molecule has 0 saturated heterocycles. The minimum absolute atomic E-state index is 0.555. The number of hydrogen-bond acceptors (Lipinski definition) is 3. The Bertz CT molecular complexity index is 297. The van der Waals surface area contributed by atoms with Gasteiger partial charge >= 0.3 is 0 Å². The highest BCUT2D eigenvalue weighted by Crippen LogP contribution is 2.04. The van der Waals surface area contributed by atoms with Crippen LogP contribution in [0.4, 0.5) is 0 Å². The molecular weight excluding hydrogens is 186 g/mol. The van der Waals surface area contributed by atoms with Crippen LogP contribution in [0.3, 0.4) is 0 Å². The third kappa shape index (κ3) is 3.98. The molecule has 3 nitrogen and oxygen atoms in total. The van der Waals surface area contributed by atoms with E-state index in [1.54, 1.807) is 0 Å². The average Bonchev–Trinajstić information content (AvgIpc) is 2.18. The van der Waals surface area contributed by atoms with Gasteiger partial charge in [0.25, 0.3) is 0 Å². The van der Waals surface area contributed by atoms with Crippen molar-refractivity contribution < 1.29 is 0 Å². The van der Waals surface area contributed by atoms with Gasteiger partial charge in [0.15, 0.2) is 0 Å². The van der Waals surface area contributed by atoms with E-state index in [-0.39, 0.29) is 0 Å². The maximum atomic E-state index is 4.58. The maximum Gasteiger partial charge on any atom is 0.0547 e. The van der Waals surface area contributed by atoms with Crippen molar-refractivity contribution >= 4 is 0 Å². The van der Waals surface area contributed by atoms with E-state index < -0.39 is 0 Å². The molecule has 15 heavy (non-hydrogen) atoms. The largest absolute Gasteiger partial charge is 0.314 e. The van der Waals surface area contributed by atoms with Gasteiger partial charge in [0.2, 0.25) is 0 Å². The fraction of sp³-hybridized carbons (Fsp3) is 0.583. The van der Waals surface area contributed by atoms with E-state index in [2.05, 4.69) is 54.3 Å². The highest BCUT2D eigenvalue weighted by Gasteiger charge is 2.05. The van der Waals surface area contributed by atoms with Crippen LogP contribution in [0, 0.1) is 0 Å². The number of hydrogen-bond donors (Lipinski definition) is 1. The van der Waals surface area contributed by atoms with Gasteiger partial charge in [-0.1, -0.05) is 6.07 Å². The van der Waals surface area contributed by atoms with E-state index in [9.17, 15) is 0 Å². The van der Waals surface area contributed by atoms with Crippen LogP contribution in [-0.2, 0) is 13.1 Å². The molecule has 1 N–H and O–H groups in total. The Morgan fingerprint density at radius 2 is 2.00 bits per heavy atom. The van der Waals surface area contributed by atoms with Crippen molar-refractivity contribution in [2.45, 2.75) is 33.0 Å². The summed E-state index contributed by atoms with van der Waals surface area (Å²) in [5.41, 5.74) is 2.24. The van der Waals surface area contributed by atoms with Crippen molar-refractivity contribution in [3.8, 4) is 0 Å². The lowest BCUT2D eigenvalue weighted by molar-refractivity contribution is 0.262. The minimum atomic E-state index is 0.555. The van der Waals surface area contributed by atoms with Gasteiger partial charge in [-0.05, 0) is 40.1 Å². The highest BCUT2D eigenvalue weighted by molar-refractivity contribution is 5.11. The molecule has 0 unspecified atom stereocenters. The lowest BCUT2D eigenvalue weighted by Gasteiger charge is -2.20. The molecule has 0 spiro atoms. The molecule has 0 radical (unpaired) electrons. The Kier molecular flexibility index (Phi) is 4.72. The Labute approximate surface area is 92.5 Å². The quantitative estimate of drug-likeness (QED) is 0.795. The van der Waals surface area contributed by atoms with Crippen LogP contribution < -0.4 is 5.32 Å². The van der Waals surface area contributed by atoms with Crippen LogP contribution in [0.1, 0.15) is 25.2 Å². The second-order valence-corrected chi connectivity index (χ2v) is 4.16. The van der Waals surface area contributed by atoms with Gasteiger partial charge in [-0.2, -0.15) is 0 Å². The molecule has 1 aromatic heterocycles. The molecule has 0 atom stereocenters. The smallest absolute Gasteiger partial charge is 0.0547 e. The zero-order valence-electron chi connectivity index (χ0n) is 10.1. The zero-order chi connectivity index (χ0) is 11.3. The van der Waals surface area contributed by atoms with Crippen LogP contribution in [0.5, 0.6) is 0 Å². The highest BCUT2D eigenvalue weighted by atomic mass is 15.1. The van der Waals surface area contributed by atoms with E-state index in [0.29, 0.717) is 6.04 Å². The fourth-order valence-electron chi connectivity index (χ4n) is 1.33. The first-order chi connectivity index (χ1) is 7.13. The van der Waals surface area contributed by atoms with Crippen LogP contribution in [0.15, 0.2) is 18.2 Å². The molecule has 0 saturated carbocycles. The van der Waals surface area contributed by atoms with E-state index in [1.807, 2.05) is 7.05 Å². The summed E-state index contributed by atoms with van der Waals surface area (Å²) in [7, 11) is 4.06. The van der Waals surface area contributed by atoms with Gasteiger partial charge in [0.05, 0.1) is 11.4 Å². The second kappa shape index (κ2) is 5.83. The summed E-state index contributed by atoms with van der Waals surface area (Å²) in [6.45, 7) is 6.13. The first-order valence-corrected chi connectivity index (χ1v) is 5.43. The van der Waals surface area contributed by atoms with Gasteiger partial charge < -0.3 is 5.32 Å². The molecule has 0 aromatic carbocycles. The number of rotatable bonds is 5. The van der Waals surface area contributed by atoms with Crippen LogP contribution in [-0.4, -0.2) is 30.0 Å². The Morgan fingerprint density at radius 3 is 2.60 bits per heavy atom. The average molecular weight is 207 g/mol. The van der Waals surface area contributed by atoms with Gasteiger partial charge in [0.1, 0.15) is 0 Å². The Hall–Kier alpha value is -0.930. The molecule has 1 rings (SSSR count). The molecule has 84 valence electrons. The third-order valence-electron chi connectivity index (χ3n) is 2.52. The van der Waals surface area contributed by atoms with E-state index >= 15 is 0 Å². The summed E-state index contributed by atoms with van der Waals surface area (Å²) in [4.78, 5) is 6.86. The summed E-state index contributed by atoms with van der Waals surface area (Å²) in [6, 6.07) is 6.76. The van der Waals surface area contributed by atoms with Crippen LogP contribution in [0.2, 0.25) is 0 Å². The van der Waals surface area contributed by atoms with Crippen molar-refractivity contribution in [2.75, 3.05) is 14.1 Å². The minimum Gasteiger partial charge on any atom is -0.314 e. The normalized spacial score (nSPS) is 11.3. The zero-order valence-corrected chi connectivity index (χ0v) is 10.1. The SMILES string of the molecule is CNCc1cccc(CN(C)C(C)C)n1. The predicted molar refractivity (Wildman–Crippen MR) is 63.6 cm³/mol. The second-order valence-electron chi connectivity index (χ2n) is 4.16. The van der Waals surface area contributed by atoms with Gasteiger partial charge in [-0.3, -0.25) is 9.88 Å². The van der Waals surface area contributed by atoms with E-state index in [0.717, 1.165) is 24.5 Å². The van der Waals surface area contributed by atoms with Gasteiger partial charge in [-0.15, -0.1) is 0 Å². The van der Waals surface area contributed by atoms with Crippen molar-refractivity contribution in [2.24, 2.45) is 0 Å². The molecular formula is C12H21N3. The van der Waals surface area contributed by atoms with Crippen molar-refractivity contribution in [1.82, 2.24) is 15.2 Å². The van der Waals surface area contributed by atoms with Gasteiger partial charge in [0, 0.05) is 19.1 Å². The summed E-state index contributed by atoms with van der Waals surface area (Å²) in [6.07, 6.45) is 0. The summed E-state index contributed by atoms with van der Waals surface area (Å²) < 4.78 is 0.